The van der Waals surface area contributed by atoms with Crippen LogP contribution in [0.1, 0.15) is 34.2 Å². The third-order valence-corrected chi connectivity index (χ3v) is 4.33. The number of hydrogen-bond acceptors (Lipinski definition) is 4. The second-order valence-corrected chi connectivity index (χ2v) is 6.30. The molecule has 0 radical (unpaired) electrons. The lowest BCUT2D eigenvalue weighted by Crippen LogP contribution is -2.21. The highest BCUT2D eigenvalue weighted by Gasteiger charge is 2.21. The molecule has 2 aromatic rings. The van der Waals surface area contributed by atoms with Gasteiger partial charge < -0.3 is 14.6 Å². The predicted octanol–water partition coefficient (Wildman–Crippen LogP) is 2.62. The molecule has 0 spiro atoms. The minimum atomic E-state index is -0.334. The molecule has 1 saturated heterocycles. The zero-order valence-corrected chi connectivity index (χ0v) is 15.6. The van der Waals surface area contributed by atoms with Gasteiger partial charge in [-0.1, -0.05) is 0 Å². The molecule has 1 aromatic heterocycles. The molecule has 134 valence electrons. The van der Waals surface area contributed by atoms with Gasteiger partial charge in [-0.05, 0) is 75.0 Å². The molecular formula is C19H19N3O3S. The highest BCUT2D eigenvalue weighted by molar-refractivity contribution is 7.80. The zero-order chi connectivity index (χ0) is 18.8. The molecule has 2 N–H and O–H groups in total. The number of amides is 1. The Morgan fingerprint density at radius 2 is 1.92 bits per heavy atom. The fraction of sp³-hybridized carbons (Fsp3) is 0.211. The summed E-state index contributed by atoms with van der Waals surface area (Å²) in [4.78, 5) is 23.6. The molecule has 0 atom stereocenters. The van der Waals surface area contributed by atoms with Crippen LogP contribution in [0.15, 0.2) is 36.0 Å². The lowest BCUT2D eigenvalue weighted by atomic mass is 10.2. The second-order valence-electron chi connectivity index (χ2n) is 5.90. The number of carbonyl (C=O) groups is 2. The summed E-state index contributed by atoms with van der Waals surface area (Å²) in [5.41, 5.74) is 4.77. The molecule has 1 fully saturated rings. The van der Waals surface area contributed by atoms with Crippen molar-refractivity contribution >= 4 is 35.3 Å². The van der Waals surface area contributed by atoms with Crippen LogP contribution in [0.4, 0.5) is 0 Å². The predicted molar refractivity (Wildman–Crippen MR) is 103 cm³/mol. The van der Waals surface area contributed by atoms with Crippen molar-refractivity contribution in [3.05, 3.63) is 58.5 Å². The first-order valence-electron chi connectivity index (χ1n) is 8.21. The van der Waals surface area contributed by atoms with Crippen LogP contribution in [0, 0.1) is 13.8 Å². The summed E-state index contributed by atoms with van der Waals surface area (Å²) in [5.74, 6) is -0.571. The fourth-order valence-electron chi connectivity index (χ4n) is 2.93. The normalized spacial score (nSPS) is 15.1. The largest absolute Gasteiger partial charge is 0.462 e. The number of rotatable bonds is 4. The van der Waals surface area contributed by atoms with E-state index >= 15 is 0 Å². The summed E-state index contributed by atoms with van der Waals surface area (Å²) in [6, 6.07) is 9.24. The summed E-state index contributed by atoms with van der Waals surface area (Å²) >= 11 is 4.95. The van der Waals surface area contributed by atoms with Gasteiger partial charge in [0.25, 0.3) is 5.91 Å². The minimum absolute atomic E-state index is 0.237. The number of benzene rings is 1. The maximum Gasteiger partial charge on any atom is 0.338 e. The van der Waals surface area contributed by atoms with Crippen LogP contribution in [-0.4, -0.2) is 28.2 Å². The molecule has 6 nitrogen and oxygen atoms in total. The van der Waals surface area contributed by atoms with Crippen LogP contribution >= 0.6 is 12.2 Å². The first kappa shape index (κ1) is 17.9. The first-order chi connectivity index (χ1) is 12.4. The minimum Gasteiger partial charge on any atom is -0.462 e. The Morgan fingerprint density at radius 1 is 1.23 bits per heavy atom. The summed E-state index contributed by atoms with van der Waals surface area (Å²) in [7, 11) is 0. The molecule has 26 heavy (non-hydrogen) atoms. The molecule has 1 aliphatic rings. The Balaban J connectivity index is 1.93. The summed E-state index contributed by atoms with van der Waals surface area (Å²) in [5, 5.41) is 5.71. The van der Waals surface area contributed by atoms with Crippen LogP contribution in [0.5, 0.6) is 0 Å². The van der Waals surface area contributed by atoms with E-state index in [1.807, 2.05) is 32.0 Å². The van der Waals surface area contributed by atoms with Gasteiger partial charge in [0.1, 0.15) is 5.70 Å². The Labute approximate surface area is 156 Å². The SMILES string of the molecule is CCOC(=O)c1ccc(-n2c(C)cc(C=C3NC(=S)NC3=O)c2C)cc1. The van der Waals surface area contributed by atoms with E-state index in [9.17, 15) is 9.59 Å². The van der Waals surface area contributed by atoms with E-state index < -0.39 is 0 Å². The van der Waals surface area contributed by atoms with Gasteiger partial charge >= 0.3 is 5.97 Å². The molecular weight excluding hydrogens is 350 g/mol. The van der Waals surface area contributed by atoms with E-state index in [4.69, 9.17) is 17.0 Å². The lowest BCUT2D eigenvalue weighted by Gasteiger charge is -2.10. The van der Waals surface area contributed by atoms with E-state index in [0.29, 0.717) is 23.0 Å². The van der Waals surface area contributed by atoms with Gasteiger partial charge in [0.15, 0.2) is 5.11 Å². The summed E-state index contributed by atoms with van der Waals surface area (Å²) < 4.78 is 7.07. The average molecular weight is 369 g/mol. The number of nitrogens with zero attached hydrogens (tertiary/aromatic N) is 1. The van der Waals surface area contributed by atoms with Crippen molar-refractivity contribution < 1.29 is 14.3 Å². The molecule has 0 saturated carbocycles. The van der Waals surface area contributed by atoms with Gasteiger partial charge in [0.2, 0.25) is 0 Å². The van der Waals surface area contributed by atoms with E-state index in [0.717, 1.165) is 22.6 Å². The Kier molecular flexibility index (Phi) is 4.90. The van der Waals surface area contributed by atoms with Crippen molar-refractivity contribution in [3.8, 4) is 5.69 Å². The number of esters is 1. The van der Waals surface area contributed by atoms with Crippen molar-refractivity contribution in [2.45, 2.75) is 20.8 Å². The molecule has 1 aliphatic heterocycles. The number of aryl methyl sites for hydroxylation is 1. The van der Waals surface area contributed by atoms with Gasteiger partial charge in [-0.3, -0.25) is 10.1 Å². The quantitative estimate of drug-likeness (QED) is 0.492. The highest BCUT2D eigenvalue weighted by Crippen LogP contribution is 2.23. The smallest absolute Gasteiger partial charge is 0.338 e. The maximum absolute atomic E-state index is 11.8. The maximum atomic E-state index is 11.8. The summed E-state index contributed by atoms with van der Waals surface area (Å²) in [6.07, 6.45) is 1.78. The van der Waals surface area contributed by atoms with Gasteiger partial charge in [-0.15, -0.1) is 0 Å². The highest BCUT2D eigenvalue weighted by atomic mass is 32.1. The van der Waals surface area contributed by atoms with Crippen LogP contribution in [0.2, 0.25) is 0 Å². The van der Waals surface area contributed by atoms with E-state index in [2.05, 4.69) is 15.2 Å². The number of aromatic nitrogens is 1. The van der Waals surface area contributed by atoms with Gasteiger partial charge in [-0.2, -0.15) is 0 Å². The molecule has 0 bridgehead atoms. The molecule has 0 unspecified atom stereocenters. The third-order valence-electron chi connectivity index (χ3n) is 4.13. The first-order valence-corrected chi connectivity index (χ1v) is 8.62. The van der Waals surface area contributed by atoms with Crippen molar-refractivity contribution in [2.24, 2.45) is 0 Å². The number of hydrogen-bond donors (Lipinski definition) is 2. The van der Waals surface area contributed by atoms with Gasteiger partial charge in [0.05, 0.1) is 12.2 Å². The third kappa shape index (κ3) is 3.39. The number of carbonyl (C=O) groups excluding carboxylic acids is 2. The molecule has 3 rings (SSSR count). The lowest BCUT2D eigenvalue weighted by molar-refractivity contribution is -0.115. The Bertz CT molecular complexity index is 926. The Hall–Kier alpha value is -2.93. The fourth-order valence-corrected chi connectivity index (χ4v) is 3.13. The molecule has 0 aliphatic carbocycles. The number of ether oxygens (including phenoxy) is 1. The summed E-state index contributed by atoms with van der Waals surface area (Å²) in [6.45, 7) is 6.09. The number of thiocarbonyl (C=S) groups is 1. The van der Waals surface area contributed by atoms with Crippen LogP contribution in [-0.2, 0) is 9.53 Å². The zero-order valence-electron chi connectivity index (χ0n) is 14.8. The number of nitrogens with one attached hydrogen (secondary N) is 2. The van der Waals surface area contributed by atoms with E-state index in [1.54, 1.807) is 25.1 Å². The van der Waals surface area contributed by atoms with Crippen molar-refractivity contribution in [1.82, 2.24) is 15.2 Å². The molecule has 1 aromatic carbocycles. The van der Waals surface area contributed by atoms with Gasteiger partial charge in [0, 0.05) is 17.1 Å². The van der Waals surface area contributed by atoms with E-state index in [-0.39, 0.29) is 11.9 Å². The molecule has 2 heterocycles. The van der Waals surface area contributed by atoms with Crippen molar-refractivity contribution in [1.29, 1.82) is 0 Å². The molecule has 7 heteroatoms. The van der Waals surface area contributed by atoms with Crippen LogP contribution < -0.4 is 10.6 Å². The molecule has 1 amide bonds. The van der Waals surface area contributed by atoms with Crippen molar-refractivity contribution in [3.63, 3.8) is 0 Å². The monoisotopic (exact) mass is 369 g/mol. The van der Waals surface area contributed by atoms with Crippen LogP contribution in [0.3, 0.4) is 0 Å². The average Bonchev–Trinajstić information content (AvgIpc) is 3.06. The standard InChI is InChI=1S/C19H19N3O3S/c1-4-25-18(24)13-5-7-15(8-6-13)22-11(2)9-14(12(22)3)10-16-17(23)21-19(26)20-16/h5-10H,4H2,1-3H3,(H2,20,21,23,26). The van der Waals surface area contributed by atoms with E-state index in [1.165, 1.54) is 0 Å². The topological polar surface area (TPSA) is 72.4 Å². The van der Waals surface area contributed by atoms with Crippen LogP contribution in [0.25, 0.3) is 11.8 Å². The van der Waals surface area contributed by atoms with Crippen molar-refractivity contribution in [2.75, 3.05) is 6.61 Å². The second kappa shape index (κ2) is 7.13. The van der Waals surface area contributed by atoms with Gasteiger partial charge in [-0.25, -0.2) is 4.79 Å². The Morgan fingerprint density at radius 3 is 2.50 bits per heavy atom.